The number of hydrogen-bond acceptors (Lipinski definition) is 3. The Morgan fingerprint density at radius 3 is 3.27 bits per heavy atom. The monoisotopic (exact) mass is 220 g/mol. The van der Waals surface area contributed by atoms with Crippen molar-refractivity contribution >= 4 is 17.4 Å². The van der Waals surface area contributed by atoms with Crippen molar-refractivity contribution in [3.8, 4) is 0 Å². The van der Waals surface area contributed by atoms with Crippen molar-refractivity contribution in [2.45, 2.75) is 31.7 Å². The summed E-state index contributed by atoms with van der Waals surface area (Å²) >= 11 is 2.04. The lowest BCUT2D eigenvalue weighted by atomic mass is 10.2. The highest BCUT2D eigenvalue weighted by Gasteiger charge is 2.17. The minimum absolute atomic E-state index is 0.663. The molecule has 2 heterocycles. The average molecular weight is 220 g/mol. The summed E-state index contributed by atoms with van der Waals surface area (Å²) in [6, 6.07) is 2.97. The molecule has 1 aliphatic heterocycles. The van der Waals surface area contributed by atoms with Gasteiger partial charge in [-0.05, 0) is 43.1 Å². The van der Waals surface area contributed by atoms with Gasteiger partial charge in [-0.2, -0.15) is 11.8 Å². The highest BCUT2D eigenvalue weighted by Crippen LogP contribution is 2.25. The third-order valence-electron chi connectivity index (χ3n) is 3.22. The molecule has 0 radical (unpaired) electrons. The fourth-order valence-electron chi connectivity index (χ4n) is 2.39. The minimum atomic E-state index is 0.663. The zero-order chi connectivity index (χ0) is 10.1. The van der Waals surface area contributed by atoms with E-state index in [9.17, 15) is 0 Å². The quantitative estimate of drug-likeness (QED) is 0.829. The van der Waals surface area contributed by atoms with Gasteiger partial charge in [-0.15, -0.1) is 0 Å². The highest BCUT2D eigenvalue weighted by atomic mass is 32.2. The Bertz CT molecular complexity index is 359. The van der Waals surface area contributed by atoms with E-state index in [1.54, 1.807) is 0 Å². The molecule has 1 N–H and O–H groups in total. The van der Waals surface area contributed by atoms with Crippen LogP contribution in [0.4, 0.5) is 5.69 Å². The summed E-state index contributed by atoms with van der Waals surface area (Å²) in [7, 11) is 0. The third kappa shape index (κ3) is 1.98. The van der Waals surface area contributed by atoms with Crippen LogP contribution in [0.3, 0.4) is 0 Å². The van der Waals surface area contributed by atoms with E-state index in [2.05, 4.69) is 16.4 Å². The van der Waals surface area contributed by atoms with E-state index in [1.807, 2.05) is 18.0 Å². The lowest BCUT2D eigenvalue weighted by Gasteiger charge is -2.13. The number of fused-ring (bicyclic) bond motifs is 1. The molecule has 3 heteroatoms. The van der Waals surface area contributed by atoms with Crippen LogP contribution in [0, 0.1) is 0 Å². The van der Waals surface area contributed by atoms with Crippen molar-refractivity contribution in [3.63, 3.8) is 0 Å². The maximum atomic E-state index is 4.53. The molecule has 1 saturated heterocycles. The van der Waals surface area contributed by atoms with Crippen LogP contribution in [-0.4, -0.2) is 22.5 Å². The summed E-state index contributed by atoms with van der Waals surface area (Å²) in [6.07, 6.45) is 6.98. The van der Waals surface area contributed by atoms with Gasteiger partial charge in [0, 0.05) is 17.5 Å². The smallest absolute Gasteiger partial charge is 0.0532 e. The molecule has 1 aliphatic carbocycles. The van der Waals surface area contributed by atoms with E-state index in [0.29, 0.717) is 6.04 Å². The van der Waals surface area contributed by atoms with Crippen LogP contribution in [0.25, 0.3) is 0 Å². The number of thioether (sulfide) groups is 1. The summed E-state index contributed by atoms with van der Waals surface area (Å²) in [6.45, 7) is 0. The molecule has 1 fully saturated rings. The summed E-state index contributed by atoms with van der Waals surface area (Å²) < 4.78 is 0. The Hall–Kier alpha value is -0.700. The Morgan fingerprint density at radius 2 is 2.40 bits per heavy atom. The fraction of sp³-hybridized carbons (Fsp3) is 0.583. The first-order valence-electron chi connectivity index (χ1n) is 5.74. The molecule has 15 heavy (non-hydrogen) atoms. The second kappa shape index (κ2) is 4.05. The first-order chi connectivity index (χ1) is 7.42. The van der Waals surface area contributed by atoms with E-state index in [4.69, 9.17) is 0 Å². The van der Waals surface area contributed by atoms with Gasteiger partial charge in [0.15, 0.2) is 0 Å². The zero-order valence-corrected chi connectivity index (χ0v) is 9.65. The van der Waals surface area contributed by atoms with E-state index in [1.165, 1.54) is 54.1 Å². The first kappa shape index (κ1) is 9.52. The van der Waals surface area contributed by atoms with E-state index >= 15 is 0 Å². The maximum absolute atomic E-state index is 4.53. The van der Waals surface area contributed by atoms with Crippen LogP contribution in [0.1, 0.15) is 24.1 Å². The summed E-state index contributed by atoms with van der Waals surface area (Å²) in [4.78, 5) is 4.53. The van der Waals surface area contributed by atoms with Crippen molar-refractivity contribution in [1.29, 1.82) is 0 Å². The molecule has 1 aromatic heterocycles. The maximum Gasteiger partial charge on any atom is 0.0532 e. The van der Waals surface area contributed by atoms with Gasteiger partial charge in [-0.25, -0.2) is 0 Å². The molecule has 1 aromatic rings. The fourth-order valence-corrected chi connectivity index (χ4v) is 3.54. The van der Waals surface area contributed by atoms with Crippen LogP contribution in [0.15, 0.2) is 12.3 Å². The molecule has 0 aromatic carbocycles. The molecule has 2 nitrogen and oxygen atoms in total. The molecule has 3 rings (SSSR count). The Morgan fingerprint density at radius 1 is 1.40 bits per heavy atom. The molecular weight excluding hydrogens is 204 g/mol. The van der Waals surface area contributed by atoms with Crippen LogP contribution in [0.2, 0.25) is 0 Å². The Kier molecular flexibility index (Phi) is 2.57. The van der Waals surface area contributed by atoms with Crippen LogP contribution in [0.5, 0.6) is 0 Å². The highest BCUT2D eigenvalue weighted by molar-refractivity contribution is 7.99. The average Bonchev–Trinajstić information content (AvgIpc) is 2.87. The molecule has 80 valence electrons. The summed E-state index contributed by atoms with van der Waals surface area (Å²) in [5, 5.41) is 3.59. The number of hydrogen-bond donors (Lipinski definition) is 1. The summed E-state index contributed by atoms with van der Waals surface area (Å²) in [5.74, 6) is 2.55. The van der Waals surface area contributed by atoms with Gasteiger partial charge in [-0.1, -0.05) is 0 Å². The zero-order valence-electron chi connectivity index (χ0n) is 8.83. The lowest BCUT2D eigenvalue weighted by Crippen LogP contribution is -2.18. The van der Waals surface area contributed by atoms with Gasteiger partial charge in [0.25, 0.3) is 0 Å². The van der Waals surface area contributed by atoms with E-state index in [0.717, 1.165) is 0 Å². The van der Waals surface area contributed by atoms with Crippen molar-refractivity contribution in [1.82, 2.24) is 4.98 Å². The van der Waals surface area contributed by atoms with Crippen molar-refractivity contribution in [2.75, 3.05) is 16.8 Å². The molecule has 1 unspecified atom stereocenters. The first-order valence-corrected chi connectivity index (χ1v) is 6.89. The van der Waals surface area contributed by atoms with Crippen molar-refractivity contribution in [3.05, 3.63) is 23.5 Å². The van der Waals surface area contributed by atoms with Crippen molar-refractivity contribution in [2.24, 2.45) is 0 Å². The predicted octanol–water partition coefficient (Wildman–Crippen LogP) is 2.49. The molecule has 1 atom stereocenters. The molecule has 0 saturated carbocycles. The SMILES string of the molecule is c1nc2c(cc1NC1CCSC1)CCC2. The summed E-state index contributed by atoms with van der Waals surface area (Å²) in [5.41, 5.74) is 4.01. The second-order valence-electron chi connectivity index (χ2n) is 4.39. The largest absolute Gasteiger partial charge is 0.380 e. The molecule has 0 spiro atoms. The Balaban J connectivity index is 1.75. The molecule has 0 amide bonds. The van der Waals surface area contributed by atoms with E-state index < -0.39 is 0 Å². The normalized spacial score (nSPS) is 24.1. The van der Waals surface area contributed by atoms with Crippen LogP contribution >= 0.6 is 11.8 Å². The van der Waals surface area contributed by atoms with Crippen LogP contribution in [-0.2, 0) is 12.8 Å². The number of rotatable bonds is 2. The number of anilines is 1. The third-order valence-corrected chi connectivity index (χ3v) is 4.38. The van der Waals surface area contributed by atoms with Gasteiger partial charge in [-0.3, -0.25) is 4.98 Å². The Labute approximate surface area is 94.9 Å². The van der Waals surface area contributed by atoms with Gasteiger partial charge < -0.3 is 5.32 Å². The van der Waals surface area contributed by atoms with Gasteiger partial charge in [0.05, 0.1) is 11.9 Å². The number of aromatic nitrogens is 1. The molecule has 0 bridgehead atoms. The van der Waals surface area contributed by atoms with Crippen molar-refractivity contribution < 1.29 is 0 Å². The van der Waals surface area contributed by atoms with Crippen LogP contribution < -0.4 is 5.32 Å². The van der Waals surface area contributed by atoms with E-state index in [-0.39, 0.29) is 0 Å². The minimum Gasteiger partial charge on any atom is -0.380 e. The second-order valence-corrected chi connectivity index (χ2v) is 5.54. The molecule has 2 aliphatic rings. The number of nitrogens with one attached hydrogen (secondary N) is 1. The lowest BCUT2D eigenvalue weighted by molar-refractivity contribution is 0.811. The molecular formula is C12H16N2S. The number of aryl methyl sites for hydroxylation is 2. The van der Waals surface area contributed by atoms with Gasteiger partial charge >= 0.3 is 0 Å². The van der Waals surface area contributed by atoms with Gasteiger partial charge in [0.1, 0.15) is 0 Å². The number of pyridine rings is 1. The van der Waals surface area contributed by atoms with Gasteiger partial charge in [0.2, 0.25) is 0 Å². The predicted molar refractivity (Wildman–Crippen MR) is 65.6 cm³/mol. The topological polar surface area (TPSA) is 24.9 Å². The standard InChI is InChI=1S/C12H16N2S/c1-2-9-6-11(7-13-12(9)3-1)14-10-4-5-15-8-10/h6-7,10,14H,1-5,8H2. The number of nitrogens with zero attached hydrogens (tertiary/aromatic N) is 1.